The molecule has 4 heteroatoms. The van der Waals surface area contributed by atoms with E-state index in [1.807, 2.05) is 27.7 Å². The molecular weight excluding hydrogens is 246 g/mol. The quantitative estimate of drug-likeness (QED) is 0.765. The van der Waals surface area contributed by atoms with E-state index in [9.17, 15) is 8.78 Å². The zero-order chi connectivity index (χ0) is 14.6. The van der Waals surface area contributed by atoms with Crippen molar-refractivity contribution in [2.24, 2.45) is 0 Å². The summed E-state index contributed by atoms with van der Waals surface area (Å²) in [6.07, 6.45) is 1.92. The molecular formula is C15H22F2N2. The van der Waals surface area contributed by atoms with Gasteiger partial charge in [-0.3, -0.25) is 0 Å². The second-order valence-corrected chi connectivity index (χ2v) is 4.40. The summed E-state index contributed by atoms with van der Waals surface area (Å²) in [6, 6.07) is 2.77. The average Bonchev–Trinajstić information content (AvgIpc) is 2.74. The number of benzene rings is 1. The molecule has 2 nitrogen and oxygen atoms in total. The highest BCUT2D eigenvalue weighted by atomic mass is 19.2. The number of aromatic nitrogens is 2. The van der Waals surface area contributed by atoms with E-state index in [1.165, 1.54) is 6.07 Å². The molecule has 0 saturated carbocycles. The van der Waals surface area contributed by atoms with Gasteiger partial charge in [0, 0.05) is 6.04 Å². The van der Waals surface area contributed by atoms with Crippen LogP contribution in [0, 0.1) is 18.6 Å². The number of imidazole rings is 1. The molecule has 106 valence electrons. The molecule has 0 saturated heterocycles. The molecule has 2 aromatic rings. The fourth-order valence-corrected chi connectivity index (χ4v) is 2.33. The van der Waals surface area contributed by atoms with Crippen LogP contribution in [0.4, 0.5) is 8.78 Å². The van der Waals surface area contributed by atoms with Gasteiger partial charge in [-0.2, -0.15) is 0 Å². The van der Waals surface area contributed by atoms with E-state index in [0.717, 1.165) is 24.7 Å². The molecule has 0 aliphatic rings. The fraction of sp³-hybridized carbons (Fsp3) is 0.533. The van der Waals surface area contributed by atoms with Crippen molar-refractivity contribution in [1.82, 2.24) is 9.55 Å². The molecule has 0 bridgehead atoms. The lowest BCUT2D eigenvalue weighted by Gasteiger charge is -2.15. The lowest BCUT2D eigenvalue weighted by Crippen LogP contribution is -2.08. The Morgan fingerprint density at radius 3 is 2.47 bits per heavy atom. The Labute approximate surface area is 113 Å². The lowest BCUT2D eigenvalue weighted by atomic mass is 10.2. The summed E-state index contributed by atoms with van der Waals surface area (Å²) in [5, 5.41) is 0. The first kappa shape index (κ1) is 15.6. The van der Waals surface area contributed by atoms with Gasteiger partial charge < -0.3 is 4.57 Å². The second-order valence-electron chi connectivity index (χ2n) is 4.40. The number of rotatable bonds is 3. The number of nitrogens with zero attached hydrogens (tertiary/aromatic N) is 2. The molecule has 1 aromatic heterocycles. The van der Waals surface area contributed by atoms with Crippen LogP contribution in [0.5, 0.6) is 0 Å². The number of hydrogen-bond acceptors (Lipinski definition) is 1. The Morgan fingerprint density at radius 2 is 1.89 bits per heavy atom. The summed E-state index contributed by atoms with van der Waals surface area (Å²) in [4.78, 5) is 4.27. The topological polar surface area (TPSA) is 17.8 Å². The predicted molar refractivity (Wildman–Crippen MR) is 75.4 cm³/mol. The third-order valence-corrected chi connectivity index (χ3v) is 3.07. The average molecular weight is 268 g/mol. The Morgan fingerprint density at radius 1 is 1.26 bits per heavy atom. The molecule has 0 spiro atoms. The van der Waals surface area contributed by atoms with Crippen LogP contribution in [0.1, 0.15) is 52.4 Å². The minimum absolute atomic E-state index is 0.126. The van der Waals surface area contributed by atoms with E-state index in [1.54, 1.807) is 4.57 Å². The Bertz CT molecular complexity index is 547. The van der Waals surface area contributed by atoms with E-state index in [0.29, 0.717) is 5.52 Å². The first-order valence-corrected chi connectivity index (χ1v) is 6.88. The maximum atomic E-state index is 13.8. The Kier molecular flexibility index (Phi) is 5.45. The largest absolute Gasteiger partial charge is 0.323 e. The van der Waals surface area contributed by atoms with Crippen LogP contribution in [0.3, 0.4) is 0 Å². The number of fused-ring (bicyclic) bond motifs is 1. The summed E-state index contributed by atoms with van der Waals surface area (Å²) in [6.45, 7) is 9.90. The molecule has 0 aliphatic heterocycles. The summed E-state index contributed by atoms with van der Waals surface area (Å²) < 4.78 is 28.9. The highest BCUT2D eigenvalue weighted by Crippen LogP contribution is 2.26. The van der Waals surface area contributed by atoms with Gasteiger partial charge >= 0.3 is 0 Å². The standard InChI is InChI=1S/C13H16F2N2.C2H6/c1-4-5-8(2)17-9(3)16-11-7-6-10(14)12(15)13(11)17;1-2/h6-8H,4-5H2,1-3H3;1-2H3. The molecule has 1 unspecified atom stereocenters. The van der Waals surface area contributed by atoms with Crippen molar-refractivity contribution >= 4 is 11.0 Å². The first-order valence-electron chi connectivity index (χ1n) is 6.88. The van der Waals surface area contributed by atoms with Gasteiger partial charge in [0.05, 0.1) is 5.52 Å². The maximum absolute atomic E-state index is 13.8. The van der Waals surface area contributed by atoms with Crippen LogP contribution in [-0.4, -0.2) is 9.55 Å². The van der Waals surface area contributed by atoms with Gasteiger partial charge in [0.1, 0.15) is 11.3 Å². The summed E-state index contributed by atoms with van der Waals surface area (Å²) in [5.74, 6) is -0.890. The molecule has 1 aromatic carbocycles. The number of hydrogen-bond donors (Lipinski definition) is 0. The van der Waals surface area contributed by atoms with E-state index in [-0.39, 0.29) is 11.6 Å². The molecule has 0 radical (unpaired) electrons. The zero-order valence-corrected chi connectivity index (χ0v) is 12.3. The van der Waals surface area contributed by atoms with E-state index in [4.69, 9.17) is 0 Å². The zero-order valence-electron chi connectivity index (χ0n) is 12.3. The molecule has 19 heavy (non-hydrogen) atoms. The van der Waals surface area contributed by atoms with Gasteiger partial charge in [0.25, 0.3) is 0 Å². The Hall–Kier alpha value is -1.45. The molecule has 0 fully saturated rings. The van der Waals surface area contributed by atoms with E-state index < -0.39 is 11.6 Å². The van der Waals surface area contributed by atoms with Crippen LogP contribution in [-0.2, 0) is 0 Å². The molecule has 0 amide bonds. The van der Waals surface area contributed by atoms with Crippen molar-refractivity contribution in [3.63, 3.8) is 0 Å². The fourth-order valence-electron chi connectivity index (χ4n) is 2.33. The van der Waals surface area contributed by atoms with E-state index in [2.05, 4.69) is 11.9 Å². The van der Waals surface area contributed by atoms with Crippen LogP contribution in [0.2, 0.25) is 0 Å². The lowest BCUT2D eigenvalue weighted by molar-refractivity contribution is 0.479. The third-order valence-electron chi connectivity index (χ3n) is 3.07. The Balaban J connectivity index is 0.000000861. The summed E-state index contributed by atoms with van der Waals surface area (Å²) in [7, 11) is 0. The molecule has 0 N–H and O–H groups in total. The van der Waals surface area contributed by atoms with E-state index >= 15 is 0 Å². The van der Waals surface area contributed by atoms with Gasteiger partial charge in [-0.05, 0) is 32.4 Å². The van der Waals surface area contributed by atoms with Crippen LogP contribution < -0.4 is 0 Å². The molecule has 1 heterocycles. The molecule has 1 atom stereocenters. The van der Waals surface area contributed by atoms with Gasteiger partial charge in [0.15, 0.2) is 11.6 Å². The third kappa shape index (κ3) is 2.94. The van der Waals surface area contributed by atoms with Crippen molar-refractivity contribution in [1.29, 1.82) is 0 Å². The summed E-state index contributed by atoms with van der Waals surface area (Å²) >= 11 is 0. The molecule has 2 rings (SSSR count). The van der Waals surface area contributed by atoms with Gasteiger partial charge in [-0.15, -0.1) is 0 Å². The minimum Gasteiger partial charge on any atom is -0.323 e. The number of aryl methyl sites for hydroxylation is 1. The predicted octanol–water partition coefficient (Wildman–Crippen LogP) is 5.01. The monoisotopic (exact) mass is 268 g/mol. The minimum atomic E-state index is -0.817. The van der Waals surface area contributed by atoms with Crippen molar-refractivity contribution in [2.45, 2.75) is 53.5 Å². The van der Waals surface area contributed by atoms with Gasteiger partial charge in [-0.25, -0.2) is 13.8 Å². The highest BCUT2D eigenvalue weighted by Gasteiger charge is 2.18. The highest BCUT2D eigenvalue weighted by molar-refractivity contribution is 5.77. The first-order chi connectivity index (χ1) is 9.06. The van der Waals surface area contributed by atoms with Crippen LogP contribution >= 0.6 is 0 Å². The maximum Gasteiger partial charge on any atom is 0.184 e. The van der Waals surface area contributed by atoms with Crippen molar-refractivity contribution in [3.8, 4) is 0 Å². The smallest absolute Gasteiger partial charge is 0.184 e. The van der Waals surface area contributed by atoms with Gasteiger partial charge in [-0.1, -0.05) is 27.2 Å². The van der Waals surface area contributed by atoms with Crippen molar-refractivity contribution in [2.75, 3.05) is 0 Å². The SMILES string of the molecule is CC.CCCC(C)n1c(C)nc2ccc(F)c(F)c21. The van der Waals surface area contributed by atoms with Crippen molar-refractivity contribution in [3.05, 3.63) is 29.6 Å². The van der Waals surface area contributed by atoms with Gasteiger partial charge in [0.2, 0.25) is 0 Å². The van der Waals surface area contributed by atoms with Crippen LogP contribution in [0.15, 0.2) is 12.1 Å². The second kappa shape index (κ2) is 6.64. The normalized spacial score (nSPS) is 12.2. The number of halogens is 2. The summed E-state index contributed by atoms with van der Waals surface area (Å²) in [5.41, 5.74) is 0.799. The van der Waals surface area contributed by atoms with Crippen LogP contribution in [0.25, 0.3) is 11.0 Å². The molecule has 0 aliphatic carbocycles. The van der Waals surface area contributed by atoms with Crippen molar-refractivity contribution < 1.29 is 8.78 Å².